The van der Waals surface area contributed by atoms with Gasteiger partial charge in [-0.2, -0.15) is 0 Å². The fraction of sp³-hybridized carbons (Fsp3) is 0.250. The normalized spacial score (nSPS) is 10.2. The maximum Gasteiger partial charge on any atom is 0.306 e. The van der Waals surface area contributed by atoms with Crippen LogP contribution >= 0.6 is 0 Å². The number of methoxy groups -OCH3 is 1. The van der Waals surface area contributed by atoms with Gasteiger partial charge in [-0.3, -0.25) is 14.4 Å². The maximum atomic E-state index is 12.0. The predicted molar refractivity (Wildman–Crippen MR) is 93.0 cm³/mol. The molecule has 0 radical (unpaired) electrons. The van der Waals surface area contributed by atoms with Crippen LogP contribution in [0.25, 0.3) is 0 Å². The molecule has 2 rings (SSSR count). The molecule has 0 heterocycles. The van der Waals surface area contributed by atoms with Crippen molar-refractivity contribution in [2.45, 2.75) is 19.8 Å². The van der Waals surface area contributed by atoms with Gasteiger partial charge in [-0.25, -0.2) is 0 Å². The first kappa shape index (κ1) is 18.4. The highest BCUT2D eigenvalue weighted by Gasteiger charge is 2.13. The molecule has 2 aromatic rings. The van der Waals surface area contributed by atoms with Crippen molar-refractivity contribution in [1.82, 2.24) is 0 Å². The highest BCUT2D eigenvalue weighted by Crippen LogP contribution is 2.12. The minimum atomic E-state index is -0.567. The van der Waals surface area contributed by atoms with E-state index in [1.54, 1.807) is 36.4 Å². The quantitative estimate of drug-likeness (QED) is 0.544. The Kier molecular flexibility index (Phi) is 6.46. The van der Waals surface area contributed by atoms with Gasteiger partial charge in [0.15, 0.2) is 18.2 Å². The van der Waals surface area contributed by atoms with Crippen LogP contribution in [0.1, 0.15) is 39.1 Å². The summed E-state index contributed by atoms with van der Waals surface area (Å²) in [7, 11) is 1.54. The van der Waals surface area contributed by atoms with E-state index in [4.69, 9.17) is 9.47 Å². The molecule has 0 aliphatic rings. The fourth-order valence-corrected chi connectivity index (χ4v) is 2.18. The van der Waals surface area contributed by atoms with Crippen molar-refractivity contribution in [1.29, 1.82) is 0 Å². The standard InChI is InChI=1S/C20H20O5/c1-14-3-5-15(6-4-14)18(21)11-12-20(23)25-13-19(22)16-7-9-17(24-2)10-8-16/h3-10H,11-13H2,1-2H3. The third-order valence-electron chi connectivity index (χ3n) is 3.71. The largest absolute Gasteiger partial charge is 0.497 e. The average molecular weight is 340 g/mol. The first-order chi connectivity index (χ1) is 12.0. The lowest BCUT2D eigenvalue weighted by Gasteiger charge is -2.05. The second-order valence-electron chi connectivity index (χ2n) is 5.60. The zero-order chi connectivity index (χ0) is 18.2. The number of rotatable bonds is 8. The van der Waals surface area contributed by atoms with Crippen molar-refractivity contribution in [3.05, 3.63) is 65.2 Å². The van der Waals surface area contributed by atoms with Crippen molar-refractivity contribution in [2.24, 2.45) is 0 Å². The summed E-state index contributed by atoms with van der Waals surface area (Å²) in [5.41, 5.74) is 2.06. The number of benzene rings is 2. The number of esters is 1. The number of hydrogen-bond acceptors (Lipinski definition) is 5. The molecule has 130 valence electrons. The Hall–Kier alpha value is -2.95. The van der Waals surface area contributed by atoms with E-state index in [1.165, 1.54) is 7.11 Å². The summed E-state index contributed by atoms with van der Waals surface area (Å²) in [6.07, 6.45) is 0.00121. The number of ether oxygens (including phenoxy) is 2. The molecule has 0 atom stereocenters. The molecule has 0 aliphatic carbocycles. The summed E-state index contributed by atoms with van der Waals surface area (Å²) in [6, 6.07) is 13.7. The zero-order valence-corrected chi connectivity index (χ0v) is 14.3. The highest BCUT2D eigenvalue weighted by molar-refractivity contribution is 5.99. The van der Waals surface area contributed by atoms with Gasteiger partial charge in [0.25, 0.3) is 0 Å². The SMILES string of the molecule is COc1ccc(C(=O)COC(=O)CCC(=O)c2ccc(C)cc2)cc1. The number of Topliss-reactive ketones (excluding diaryl/α,β-unsaturated/α-hetero) is 2. The Morgan fingerprint density at radius 3 is 1.96 bits per heavy atom. The summed E-state index contributed by atoms with van der Waals surface area (Å²) >= 11 is 0. The molecular formula is C20H20O5. The van der Waals surface area contributed by atoms with E-state index in [0.717, 1.165) is 5.56 Å². The minimum Gasteiger partial charge on any atom is -0.497 e. The van der Waals surface area contributed by atoms with Crippen molar-refractivity contribution < 1.29 is 23.9 Å². The Balaban J connectivity index is 1.77. The molecule has 5 heteroatoms. The lowest BCUT2D eigenvalue weighted by molar-refractivity contribution is -0.142. The number of carbonyl (C=O) groups is 3. The van der Waals surface area contributed by atoms with Crippen LogP contribution in [0.5, 0.6) is 5.75 Å². The number of carbonyl (C=O) groups excluding carboxylic acids is 3. The fourth-order valence-electron chi connectivity index (χ4n) is 2.18. The molecule has 0 aromatic heterocycles. The highest BCUT2D eigenvalue weighted by atomic mass is 16.5. The zero-order valence-electron chi connectivity index (χ0n) is 14.3. The van der Waals surface area contributed by atoms with Crippen molar-refractivity contribution in [3.8, 4) is 5.75 Å². The topological polar surface area (TPSA) is 69.7 Å². The molecule has 5 nitrogen and oxygen atoms in total. The molecule has 0 saturated heterocycles. The van der Waals surface area contributed by atoms with Crippen LogP contribution in [0.3, 0.4) is 0 Å². The van der Waals surface area contributed by atoms with Crippen molar-refractivity contribution >= 4 is 17.5 Å². The van der Waals surface area contributed by atoms with E-state index in [-0.39, 0.29) is 31.0 Å². The first-order valence-electron chi connectivity index (χ1n) is 7.92. The molecule has 0 unspecified atom stereocenters. The van der Waals surface area contributed by atoms with E-state index < -0.39 is 5.97 Å². The molecule has 0 aliphatic heterocycles. The van der Waals surface area contributed by atoms with E-state index >= 15 is 0 Å². The van der Waals surface area contributed by atoms with Gasteiger partial charge < -0.3 is 9.47 Å². The Labute approximate surface area is 146 Å². The lowest BCUT2D eigenvalue weighted by Crippen LogP contribution is -2.15. The smallest absolute Gasteiger partial charge is 0.306 e. The van der Waals surface area contributed by atoms with Crippen LogP contribution in [0.15, 0.2) is 48.5 Å². The molecule has 2 aromatic carbocycles. The summed E-state index contributed by atoms with van der Waals surface area (Å²) in [5, 5.41) is 0. The van der Waals surface area contributed by atoms with Gasteiger partial charge in [0, 0.05) is 17.5 Å². The van der Waals surface area contributed by atoms with E-state index in [9.17, 15) is 14.4 Å². The van der Waals surface area contributed by atoms with Gasteiger partial charge in [-0.15, -0.1) is 0 Å². The number of aryl methyl sites for hydroxylation is 1. The van der Waals surface area contributed by atoms with Gasteiger partial charge in [0.2, 0.25) is 0 Å². The summed E-state index contributed by atoms with van der Waals surface area (Å²) < 4.78 is 9.96. The molecule has 0 saturated carbocycles. The van der Waals surface area contributed by atoms with Crippen LogP contribution in [-0.4, -0.2) is 31.3 Å². The average Bonchev–Trinajstić information content (AvgIpc) is 2.64. The van der Waals surface area contributed by atoms with Crippen LogP contribution in [0, 0.1) is 6.92 Å². The second-order valence-corrected chi connectivity index (χ2v) is 5.60. The van der Waals surface area contributed by atoms with Crippen LogP contribution < -0.4 is 4.74 Å². The van der Waals surface area contributed by atoms with Gasteiger partial charge in [-0.1, -0.05) is 29.8 Å². The van der Waals surface area contributed by atoms with Crippen LogP contribution in [-0.2, 0) is 9.53 Å². The molecule has 0 spiro atoms. The molecule has 0 bridgehead atoms. The van der Waals surface area contributed by atoms with Crippen LogP contribution in [0.2, 0.25) is 0 Å². The van der Waals surface area contributed by atoms with E-state index in [0.29, 0.717) is 16.9 Å². The molecule has 25 heavy (non-hydrogen) atoms. The van der Waals surface area contributed by atoms with Gasteiger partial charge in [-0.05, 0) is 31.2 Å². The summed E-state index contributed by atoms with van der Waals surface area (Å²) in [6.45, 7) is 1.59. The third-order valence-corrected chi connectivity index (χ3v) is 3.71. The summed E-state index contributed by atoms with van der Waals surface area (Å²) in [5.74, 6) is -0.357. The van der Waals surface area contributed by atoms with Gasteiger partial charge >= 0.3 is 5.97 Å². The van der Waals surface area contributed by atoms with Crippen molar-refractivity contribution in [2.75, 3.05) is 13.7 Å². The molecule has 0 fully saturated rings. The first-order valence-corrected chi connectivity index (χ1v) is 7.92. The number of hydrogen-bond donors (Lipinski definition) is 0. The Morgan fingerprint density at radius 2 is 1.36 bits per heavy atom. The van der Waals surface area contributed by atoms with Gasteiger partial charge in [0.05, 0.1) is 13.5 Å². The monoisotopic (exact) mass is 340 g/mol. The van der Waals surface area contributed by atoms with Gasteiger partial charge in [0.1, 0.15) is 5.75 Å². The molecule has 0 amide bonds. The second kappa shape index (κ2) is 8.78. The third kappa shape index (κ3) is 5.57. The maximum absolute atomic E-state index is 12.0. The van der Waals surface area contributed by atoms with E-state index in [1.807, 2.05) is 19.1 Å². The lowest BCUT2D eigenvalue weighted by atomic mass is 10.1. The Bertz CT molecular complexity index is 745. The molecular weight excluding hydrogens is 320 g/mol. The minimum absolute atomic E-state index is 0.0530. The number of ketones is 2. The van der Waals surface area contributed by atoms with E-state index in [2.05, 4.69) is 0 Å². The summed E-state index contributed by atoms with van der Waals surface area (Å²) in [4.78, 5) is 35.7. The Morgan fingerprint density at radius 1 is 0.800 bits per heavy atom. The van der Waals surface area contributed by atoms with Crippen molar-refractivity contribution in [3.63, 3.8) is 0 Å². The van der Waals surface area contributed by atoms with Crippen LogP contribution in [0.4, 0.5) is 0 Å². The molecule has 0 N–H and O–H groups in total. The predicted octanol–water partition coefficient (Wildman–Crippen LogP) is 3.39.